The largest absolute Gasteiger partial charge is 0.393 e. The SMILES string of the molecule is Cn1cc(CCN(CCC(N)=S)c2ccccc2)cn1. The van der Waals surface area contributed by atoms with Crippen LogP contribution in [0.2, 0.25) is 0 Å². The van der Waals surface area contributed by atoms with Crippen molar-refractivity contribution in [2.24, 2.45) is 12.8 Å². The molecule has 1 aromatic heterocycles. The molecule has 0 saturated heterocycles. The Morgan fingerprint density at radius 1 is 1.30 bits per heavy atom. The minimum atomic E-state index is 0.562. The summed E-state index contributed by atoms with van der Waals surface area (Å²) in [5.74, 6) is 0. The number of hydrogen-bond donors (Lipinski definition) is 1. The highest BCUT2D eigenvalue weighted by atomic mass is 32.1. The maximum Gasteiger partial charge on any atom is 0.0745 e. The molecule has 20 heavy (non-hydrogen) atoms. The van der Waals surface area contributed by atoms with Crippen molar-refractivity contribution in [3.8, 4) is 0 Å². The molecule has 2 N–H and O–H groups in total. The second-order valence-corrected chi connectivity index (χ2v) is 5.34. The van der Waals surface area contributed by atoms with Gasteiger partial charge in [-0.15, -0.1) is 0 Å². The van der Waals surface area contributed by atoms with Crippen LogP contribution in [0.4, 0.5) is 5.69 Å². The van der Waals surface area contributed by atoms with E-state index in [0.717, 1.165) is 25.9 Å². The van der Waals surface area contributed by atoms with Crippen LogP contribution in [0.25, 0.3) is 0 Å². The normalized spacial score (nSPS) is 10.4. The summed E-state index contributed by atoms with van der Waals surface area (Å²) in [5.41, 5.74) is 8.06. The van der Waals surface area contributed by atoms with E-state index >= 15 is 0 Å². The molecule has 0 amide bonds. The Kier molecular flexibility index (Phi) is 5.12. The fraction of sp³-hybridized carbons (Fsp3) is 0.333. The second kappa shape index (κ2) is 7.05. The summed E-state index contributed by atoms with van der Waals surface area (Å²) < 4.78 is 1.83. The van der Waals surface area contributed by atoms with E-state index in [-0.39, 0.29) is 0 Å². The van der Waals surface area contributed by atoms with E-state index in [1.54, 1.807) is 0 Å². The first-order valence-electron chi connectivity index (χ1n) is 6.71. The predicted octanol–water partition coefficient (Wildman–Crippen LogP) is 2.15. The van der Waals surface area contributed by atoms with Crippen LogP contribution in [-0.4, -0.2) is 27.9 Å². The summed E-state index contributed by atoms with van der Waals surface area (Å²) in [6.45, 7) is 1.78. The van der Waals surface area contributed by atoms with Crippen molar-refractivity contribution >= 4 is 22.9 Å². The van der Waals surface area contributed by atoms with Gasteiger partial charge in [-0.2, -0.15) is 5.10 Å². The number of thiocarbonyl (C=S) groups is 1. The van der Waals surface area contributed by atoms with Gasteiger partial charge in [-0.25, -0.2) is 0 Å². The Bertz CT molecular complexity index is 550. The topological polar surface area (TPSA) is 47.1 Å². The second-order valence-electron chi connectivity index (χ2n) is 4.81. The molecule has 2 aromatic rings. The van der Waals surface area contributed by atoms with Crippen LogP contribution in [0.5, 0.6) is 0 Å². The number of hydrogen-bond acceptors (Lipinski definition) is 3. The van der Waals surface area contributed by atoms with Gasteiger partial charge in [-0.3, -0.25) is 4.68 Å². The Labute approximate surface area is 125 Å². The van der Waals surface area contributed by atoms with Gasteiger partial charge >= 0.3 is 0 Å². The Morgan fingerprint density at radius 2 is 2.05 bits per heavy atom. The lowest BCUT2D eigenvalue weighted by atomic mass is 10.2. The van der Waals surface area contributed by atoms with E-state index in [2.05, 4.69) is 28.3 Å². The first-order valence-corrected chi connectivity index (χ1v) is 7.12. The lowest BCUT2D eigenvalue weighted by Crippen LogP contribution is -2.29. The van der Waals surface area contributed by atoms with Crippen LogP contribution in [0.1, 0.15) is 12.0 Å². The molecular formula is C15H20N4S. The van der Waals surface area contributed by atoms with Crippen LogP contribution >= 0.6 is 12.2 Å². The van der Waals surface area contributed by atoms with E-state index in [0.29, 0.717) is 4.99 Å². The van der Waals surface area contributed by atoms with Gasteiger partial charge in [0.15, 0.2) is 0 Å². The highest BCUT2D eigenvalue weighted by molar-refractivity contribution is 7.80. The van der Waals surface area contributed by atoms with E-state index in [1.807, 2.05) is 36.1 Å². The third kappa shape index (κ3) is 4.35. The average molecular weight is 288 g/mol. The number of para-hydroxylation sites is 1. The first kappa shape index (κ1) is 14.5. The van der Waals surface area contributed by atoms with E-state index in [9.17, 15) is 0 Å². The molecule has 2 rings (SSSR count). The molecule has 4 nitrogen and oxygen atoms in total. The molecule has 0 spiro atoms. The van der Waals surface area contributed by atoms with Crippen LogP contribution in [0, 0.1) is 0 Å². The van der Waals surface area contributed by atoms with Crippen LogP contribution in [-0.2, 0) is 13.5 Å². The van der Waals surface area contributed by atoms with Gasteiger partial charge in [0.25, 0.3) is 0 Å². The van der Waals surface area contributed by atoms with Gasteiger partial charge in [-0.05, 0) is 24.1 Å². The summed E-state index contributed by atoms with van der Waals surface area (Å²) in [7, 11) is 1.94. The molecule has 0 aliphatic heterocycles. The summed E-state index contributed by atoms with van der Waals surface area (Å²) in [4.78, 5) is 2.87. The number of aromatic nitrogens is 2. The molecule has 1 heterocycles. The van der Waals surface area contributed by atoms with Crippen LogP contribution < -0.4 is 10.6 Å². The minimum absolute atomic E-state index is 0.562. The van der Waals surface area contributed by atoms with Crippen LogP contribution in [0.3, 0.4) is 0 Å². The third-order valence-corrected chi connectivity index (χ3v) is 3.38. The van der Waals surface area contributed by atoms with E-state index in [1.165, 1.54) is 11.3 Å². The van der Waals surface area contributed by atoms with Crippen molar-refractivity contribution in [3.05, 3.63) is 48.3 Å². The summed E-state index contributed by atoms with van der Waals surface area (Å²) in [5, 5.41) is 4.20. The average Bonchev–Trinajstić information content (AvgIpc) is 2.85. The fourth-order valence-electron chi connectivity index (χ4n) is 2.12. The number of aryl methyl sites for hydroxylation is 1. The zero-order chi connectivity index (χ0) is 14.4. The van der Waals surface area contributed by atoms with Crippen molar-refractivity contribution in [2.75, 3.05) is 18.0 Å². The molecule has 0 atom stereocenters. The smallest absolute Gasteiger partial charge is 0.0745 e. The maximum atomic E-state index is 5.62. The van der Waals surface area contributed by atoms with Gasteiger partial charge in [0.05, 0.1) is 11.2 Å². The fourth-order valence-corrected chi connectivity index (χ4v) is 2.21. The highest BCUT2D eigenvalue weighted by Crippen LogP contribution is 2.14. The first-order chi connectivity index (χ1) is 9.65. The molecule has 0 unspecified atom stereocenters. The molecule has 0 radical (unpaired) electrons. The summed E-state index contributed by atoms with van der Waals surface area (Å²) in [6.07, 6.45) is 5.66. The number of benzene rings is 1. The van der Waals surface area contributed by atoms with Crippen molar-refractivity contribution in [3.63, 3.8) is 0 Å². The molecule has 1 aromatic carbocycles. The zero-order valence-electron chi connectivity index (χ0n) is 11.7. The molecule has 0 saturated carbocycles. The molecule has 0 aliphatic carbocycles. The lowest BCUT2D eigenvalue weighted by Gasteiger charge is -2.24. The summed E-state index contributed by atoms with van der Waals surface area (Å²) in [6, 6.07) is 10.3. The Balaban J connectivity index is 2.00. The number of rotatable bonds is 7. The van der Waals surface area contributed by atoms with Crippen molar-refractivity contribution in [2.45, 2.75) is 12.8 Å². The Morgan fingerprint density at radius 3 is 2.65 bits per heavy atom. The number of nitrogens with two attached hydrogens (primary N) is 1. The maximum absolute atomic E-state index is 5.62. The minimum Gasteiger partial charge on any atom is -0.393 e. The third-order valence-electron chi connectivity index (χ3n) is 3.18. The van der Waals surface area contributed by atoms with Crippen molar-refractivity contribution in [1.29, 1.82) is 0 Å². The van der Waals surface area contributed by atoms with Gasteiger partial charge in [0.1, 0.15) is 0 Å². The van der Waals surface area contributed by atoms with E-state index in [4.69, 9.17) is 18.0 Å². The van der Waals surface area contributed by atoms with Gasteiger partial charge in [0.2, 0.25) is 0 Å². The quantitative estimate of drug-likeness (QED) is 0.793. The van der Waals surface area contributed by atoms with E-state index < -0.39 is 0 Å². The van der Waals surface area contributed by atoms with Crippen molar-refractivity contribution in [1.82, 2.24) is 9.78 Å². The summed E-state index contributed by atoms with van der Waals surface area (Å²) >= 11 is 4.98. The van der Waals surface area contributed by atoms with Gasteiger partial charge in [0, 0.05) is 38.4 Å². The molecule has 106 valence electrons. The van der Waals surface area contributed by atoms with Gasteiger partial charge < -0.3 is 10.6 Å². The highest BCUT2D eigenvalue weighted by Gasteiger charge is 2.07. The van der Waals surface area contributed by atoms with Gasteiger partial charge in [-0.1, -0.05) is 30.4 Å². The predicted molar refractivity (Wildman–Crippen MR) is 87.0 cm³/mol. The Hall–Kier alpha value is -1.88. The standard InChI is InChI=1S/C15H20N4S/c1-18-12-13(11-17-18)7-9-19(10-8-15(16)20)14-5-3-2-4-6-14/h2-6,11-12H,7-10H2,1H3,(H2,16,20). The molecule has 5 heteroatoms. The molecule has 0 aliphatic rings. The number of anilines is 1. The molecule has 0 bridgehead atoms. The van der Waals surface area contributed by atoms with Crippen LogP contribution in [0.15, 0.2) is 42.7 Å². The lowest BCUT2D eigenvalue weighted by molar-refractivity contribution is 0.764. The van der Waals surface area contributed by atoms with Crippen molar-refractivity contribution < 1.29 is 0 Å². The number of nitrogens with zero attached hydrogens (tertiary/aromatic N) is 3. The molecule has 0 fully saturated rings. The molecular weight excluding hydrogens is 268 g/mol. The zero-order valence-corrected chi connectivity index (χ0v) is 12.5. The monoisotopic (exact) mass is 288 g/mol.